The van der Waals surface area contributed by atoms with Crippen molar-refractivity contribution in [3.05, 3.63) is 59.1 Å². The molecule has 1 aliphatic rings. The van der Waals surface area contributed by atoms with Crippen molar-refractivity contribution in [1.29, 1.82) is 0 Å². The predicted molar refractivity (Wildman–Crippen MR) is 105 cm³/mol. The van der Waals surface area contributed by atoms with Gasteiger partial charge in [-0.3, -0.25) is 4.90 Å². The lowest BCUT2D eigenvalue weighted by Gasteiger charge is -2.34. The van der Waals surface area contributed by atoms with Crippen LogP contribution in [0.25, 0.3) is 0 Å². The number of methoxy groups -OCH3 is 1. The molecule has 1 aliphatic heterocycles. The maximum Gasteiger partial charge on any atom is 0.321 e. The number of amides is 2. The number of ether oxygens (including phenoxy) is 1. The van der Waals surface area contributed by atoms with E-state index in [1.54, 1.807) is 25.3 Å². The van der Waals surface area contributed by atoms with E-state index in [0.29, 0.717) is 16.5 Å². The van der Waals surface area contributed by atoms with Crippen molar-refractivity contribution in [2.24, 2.45) is 0 Å². The minimum absolute atomic E-state index is 0.0889. The molecular formula is C20H24ClN3O2. The molecule has 0 atom stereocenters. The van der Waals surface area contributed by atoms with Gasteiger partial charge in [-0.1, -0.05) is 41.9 Å². The Morgan fingerprint density at radius 3 is 2.50 bits per heavy atom. The maximum atomic E-state index is 12.4. The number of anilines is 1. The molecule has 0 aliphatic carbocycles. The summed E-state index contributed by atoms with van der Waals surface area (Å²) in [6, 6.07) is 15.7. The first kappa shape index (κ1) is 18.5. The van der Waals surface area contributed by atoms with Gasteiger partial charge in [-0.15, -0.1) is 0 Å². The smallest absolute Gasteiger partial charge is 0.321 e. The first-order valence-corrected chi connectivity index (χ1v) is 9.19. The van der Waals surface area contributed by atoms with Crippen LogP contribution in [0.15, 0.2) is 48.5 Å². The first-order chi connectivity index (χ1) is 12.7. The third-order valence-corrected chi connectivity index (χ3v) is 4.92. The summed E-state index contributed by atoms with van der Waals surface area (Å²) in [5, 5.41) is 3.39. The van der Waals surface area contributed by atoms with Gasteiger partial charge in [-0.05, 0) is 30.2 Å². The molecule has 26 heavy (non-hydrogen) atoms. The van der Waals surface area contributed by atoms with Gasteiger partial charge in [-0.25, -0.2) is 4.79 Å². The van der Waals surface area contributed by atoms with E-state index in [2.05, 4.69) is 34.5 Å². The second kappa shape index (κ2) is 8.92. The maximum absolute atomic E-state index is 12.4. The third kappa shape index (κ3) is 4.90. The zero-order valence-corrected chi connectivity index (χ0v) is 15.7. The molecule has 1 saturated heterocycles. The van der Waals surface area contributed by atoms with Crippen LogP contribution in [-0.2, 0) is 6.42 Å². The fraction of sp³-hybridized carbons (Fsp3) is 0.350. The van der Waals surface area contributed by atoms with Crippen LogP contribution < -0.4 is 10.1 Å². The summed E-state index contributed by atoms with van der Waals surface area (Å²) < 4.78 is 5.13. The van der Waals surface area contributed by atoms with Crippen molar-refractivity contribution in [2.75, 3.05) is 45.2 Å². The monoisotopic (exact) mass is 373 g/mol. The normalized spacial score (nSPS) is 14.9. The van der Waals surface area contributed by atoms with Crippen LogP contribution >= 0.6 is 11.6 Å². The Morgan fingerprint density at radius 1 is 1.12 bits per heavy atom. The van der Waals surface area contributed by atoms with Crippen LogP contribution in [0.3, 0.4) is 0 Å². The summed E-state index contributed by atoms with van der Waals surface area (Å²) in [5.74, 6) is 0.594. The Kier molecular flexibility index (Phi) is 6.36. The first-order valence-electron chi connectivity index (χ1n) is 8.81. The molecule has 5 nitrogen and oxygen atoms in total. The fourth-order valence-corrected chi connectivity index (χ4v) is 3.31. The molecule has 138 valence electrons. The van der Waals surface area contributed by atoms with E-state index in [1.807, 2.05) is 11.0 Å². The van der Waals surface area contributed by atoms with Gasteiger partial charge in [0.05, 0.1) is 12.1 Å². The van der Waals surface area contributed by atoms with Gasteiger partial charge in [0.15, 0.2) is 0 Å². The largest absolute Gasteiger partial charge is 0.495 e. The summed E-state index contributed by atoms with van der Waals surface area (Å²) >= 11 is 6.11. The molecule has 0 saturated carbocycles. The molecule has 0 aromatic heterocycles. The number of hydrogen-bond donors (Lipinski definition) is 1. The topological polar surface area (TPSA) is 44.8 Å². The number of halogens is 1. The van der Waals surface area contributed by atoms with E-state index in [1.165, 1.54) is 5.56 Å². The highest BCUT2D eigenvalue weighted by atomic mass is 35.5. The number of piperazine rings is 1. The summed E-state index contributed by atoms with van der Waals surface area (Å²) in [4.78, 5) is 16.7. The fourth-order valence-electron chi connectivity index (χ4n) is 3.05. The average molecular weight is 374 g/mol. The van der Waals surface area contributed by atoms with E-state index in [-0.39, 0.29) is 6.03 Å². The third-order valence-electron chi connectivity index (χ3n) is 4.62. The average Bonchev–Trinajstić information content (AvgIpc) is 2.68. The molecule has 2 aromatic rings. The lowest BCUT2D eigenvalue weighted by Crippen LogP contribution is -2.50. The molecule has 0 bridgehead atoms. The lowest BCUT2D eigenvalue weighted by atomic mass is 10.1. The Morgan fingerprint density at radius 2 is 1.85 bits per heavy atom. The van der Waals surface area contributed by atoms with Crippen molar-refractivity contribution < 1.29 is 9.53 Å². The second-order valence-electron chi connectivity index (χ2n) is 6.34. The second-order valence-corrected chi connectivity index (χ2v) is 6.75. The zero-order valence-electron chi connectivity index (χ0n) is 15.0. The summed E-state index contributed by atoms with van der Waals surface area (Å²) in [6.07, 6.45) is 1.04. The van der Waals surface area contributed by atoms with Gasteiger partial charge >= 0.3 is 6.03 Å². The van der Waals surface area contributed by atoms with E-state index in [0.717, 1.165) is 39.1 Å². The highest BCUT2D eigenvalue weighted by Crippen LogP contribution is 2.27. The Labute approximate surface area is 159 Å². The summed E-state index contributed by atoms with van der Waals surface area (Å²) in [6.45, 7) is 4.26. The quantitative estimate of drug-likeness (QED) is 0.868. The van der Waals surface area contributed by atoms with E-state index in [9.17, 15) is 4.79 Å². The van der Waals surface area contributed by atoms with Crippen molar-refractivity contribution in [3.8, 4) is 5.75 Å². The number of urea groups is 1. The minimum atomic E-state index is -0.0889. The van der Waals surface area contributed by atoms with Crippen LogP contribution in [-0.4, -0.2) is 55.7 Å². The van der Waals surface area contributed by atoms with E-state index in [4.69, 9.17) is 16.3 Å². The van der Waals surface area contributed by atoms with Gasteiger partial charge in [-0.2, -0.15) is 0 Å². The van der Waals surface area contributed by atoms with Crippen molar-refractivity contribution in [2.45, 2.75) is 6.42 Å². The highest BCUT2D eigenvalue weighted by molar-refractivity contribution is 6.32. The Hall–Kier alpha value is -2.24. The minimum Gasteiger partial charge on any atom is -0.495 e. The van der Waals surface area contributed by atoms with Gasteiger partial charge < -0.3 is 15.0 Å². The number of carbonyl (C=O) groups is 1. The summed E-state index contributed by atoms with van der Waals surface area (Å²) in [5.41, 5.74) is 2.02. The number of rotatable bonds is 5. The molecule has 2 amide bonds. The molecule has 0 radical (unpaired) electrons. The number of hydrogen-bond acceptors (Lipinski definition) is 3. The molecule has 2 aromatic carbocycles. The molecule has 3 rings (SSSR count). The number of nitrogens with zero attached hydrogens (tertiary/aromatic N) is 2. The van der Waals surface area contributed by atoms with Gasteiger partial charge in [0.1, 0.15) is 5.75 Å². The highest BCUT2D eigenvalue weighted by Gasteiger charge is 2.21. The van der Waals surface area contributed by atoms with Crippen LogP contribution in [0.4, 0.5) is 10.5 Å². The van der Waals surface area contributed by atoms with Crippen molar-refractivity contribution in [1.82, 2.24) is 9.80 Å². The molecule has 6 heteroatoms. The summed E-state index contributed by atoms with van der Waals surface area (Å²) in [7, 11) is 1.57. The number of nitrogens with one attached hydrogen (secondary N) is 1. The molecule has 1 fully saturated rings. The number of benzene rings is 2. The molecule has 0 spiro atoms. The molecule has 1 N–H and O–H groups in total. The van der Waals surface area contributed by atoms with Crippen molar-refractivity contribution in [3.63, 3.8) is 0 Å². The van der Waals surface area contributed by atoms with E-state index >= 15 is 0 Å². The van der Waals surface area contributed by atoms with Crippen molar-refractivity contribution >= 4 is 23.3 Å². The zero-order chi connectivity index (χ0) is 18.4. The van der Waals surface area contributed by atoms with Crippen LogP contribution in [0.5, 0.6) is 5.75 Å². The standard InChI is InChI=1S/C20H24ClN3O2/c1-26-19-8-7-17(15-18(19)21)22-20(25)24-13-11-23(12-14-24)10-9-16-5-3-2-4-6-16/h2-8,15H,9-14H2,1H3,(H,22,25). The SMILES string of the molecule is COc1ccc(NC(=O)N2CCN(CCc3ccccc3)CC2)cc1Cl. The molecular weight excluding hydrogens is 350 g/mol. The van der Waals surface area contributed by atoms with Gasteiger partial charge in [0, 0.05) is 38.4 Å². The van der Waals surface area contributed by atoms with Gasteiger partial charge in [0.25, 0.3) is 0 Å². The lowest BCUT2D eigenvalue weighted by molar-refractivity contribution is 0.148. The van der Waals surface area contributed by atoms with Gasteiger partial charge in [0.2, 0.25) is 0 Å². The van der Waals surface area contributed by atoms with Crippen LogP contribution in [0.2, 0.25) is 5.02 Å². The molecule has 1 heterocycles. The molecule has 0 unspecified atom stereocenters. The number of carbonyl (C=O) groups excluding carboxylic acids is 1. The van der Waals surface area contributed by atoms with Crippen LogP contribution in [0, 0.1) is 0 Å². The predicted octanol–water partition coefficient (Wildman–Crippen LogP) is 3.74. The van der Waals surface area contributed by atoms with E-state index < -0.39 is 0 Å². The Bertz CT molecular complexity index is 731. The van der Waals surface area contributed by atoms with Crippen LogP contribution in [0.1, 0.15) is 5.56 Å². The Balaban J connectivity index is 1.45.